The van der Waals surface area contributed by atoms with Crippen molar-refractivity contribution in [1.29, 1.82) is 0 Å². The van der Waals surface area contributed by atoms with Crippen LogP contribution in [0, 0.1) is 13.8 Å². The van der Waals surface area contributed by atoms with Gasteiger partial charge in [0.05, 0.1) is 5.69 Å². The normalized spacial score (nSPS) is 15.7. The van der Waals surface area contributed by atoms with Crippen LogP contribution >= 0.6 is 0 Å². The first-order valence-electron chi connectivity index (χ1n) is 9.49. The van der Waals surface area contributed by atoms with Crippen LogP contribution in [0.3, 0.4) is 0 Å². The van der Waals surface area contributed by atoms with Gasteiger partial charge in [0.2, 0.25) is 0 Å². The van der Waals surface area contributed by atoms with Crippen molar-refractivity contribution in [1.82, 2.24) is 19.6 Å². The molecule has 0 spiro atoms. The van der Waals surface area contributed by atoms with Gasteiger partial charge in [0.25, 0.3) is 0 Å². The third-order valence-corrected chi connectivity index (χ3v) is 5.27. The van der Waals surface area contributed by atoms with Gasteiger partial charge in [0.15, 0.2) is 5.65 Å². The molecule has 0 radical (unpaired) electrons. The van der Waals surface area contributed by atoms with E-state index in [9.17, 15) is 0 Å². The third kappa shape index (κ3) is 2.91. The number of rotatable bonds is 3. The van der Waals surface area contributed by atoms with Crippen LogP contribution in [0.25, 0.3) is 16.6 Å². The first-order valence-corrected chi connectivity index (χ1v) is 9.49. The molecule has 138 valence electrons. The lowest BCUT2D eigenvalue weighted by Crippen LogP contribution is -2.39. The first kappa shape index (κ1) is 16.2. The van der Waals surface area contributed by atoms with Gasteiger partial charge in [-0.15, -0.1) is 0 Å². The summed E-state index contributed by atoms with van der Waals surface area (Å²) >= 11 is 0. The van der Waals surface area contributed by atoms with E-state index in [1.54, 1.807) is 0 Å². The number of ether oxygens (including phenoxy) is 1. The minimum Gasteiger partial charge on any atom is -0.490 e. The largest absolute Gasteiger partial charge is 0.490 e. The van der Waals surface area contributed by atoms with Crippen LogP contribution in [0.2, 0.25) is 0 Å². The maximum Gasteiger partial charge on any atom is 0.157 e. The highest BCUT2D eigenvalue weighted by molar-refractivity contribution is 5.85. The molecule has 1 saturated heterocycles. The summed E-state index contributed by atoms with van der Waals surface area (Å²) in [5.41, 5.74) is 4.05. The molecular weight excluding hydrogens is 338 g/mol. The fraction of sp³-hybridized carbons (Fsp3) is 0.333. The highest BCUT2D eigenvalue weighted by Gasteiger charge is 2.23. The molecule has 0 amide bonds. The van der Waals surface area contributed by atoms with E-state index >= 15 is 0 Å². The number of nitrogens with one attached hydrogen (secondary N) is 1. The van der Waals surface area contributed by atoms with Crippen LogP contribution in [0.15, 0.2) is 42.6 Å². The Morgan fingerprint density at radius 3 is 2.78 bits per heavy atom. The Hall–Kier alpha value is -3.02. The molecule has 0 atom stereocenters. The number of aryl methyl sites for hydroxylation is 2. The zero-order valence-electron chi connectivity index (χ0n) is 15.6. The number of benzene rings is 1. The van der Waals surface area contributed by atoms with E-state index in [0.717, 1.165) is 65.4 Å². The number of aromatic nitrogens is 4. The summed E-state index contributed by atoms with van der Waals surface area (Å²) in [5.74, 6) is 2.09. The monoisotopic (exact) mass is 361 g/mol. The summed E-state index contributed by atoms with van der Waals surface area (Å²) in [6.07, 6.45) is 4.18. The predicted molar refractivity (Wildman–Crippen MR) is 107 cm³/mol. The Morgan fingerprint density at radius 1 is 1.07 bits per heavy atom. The standard InChI is InChI=1S/C21H23N5O/c1-14-13-21(26-20(23-14)12-15(2)24-26)25-10-7-16(8-11-25)27-19-5-3-4-18-17(19)6-9-22-18/h3-6,9,12-13,16,22H,7-8,10-11H2,1-2H3. The smallest absolute Gasteiger partial charge is 0.157 e. The maximum absolute atomic E-state index is 6.34. The van der Waals surface area contributed by atoms with Crippen molar-refractivity contribution >= 4 is 22.4 Å². The molecule has 27 heavy (non-hydrogen) atoms. The second-order valence-electron chi connectivity index (χ2n) is 7.31. The SMILES string of the molecule is Cc1cc(N2CCC(Oc3cccc4[nH]ccc34)CC2)n2nc(C)cc2n1. The number of nitrogens with zero attached hydrogens (tertiary/aromatic N) is 4. The second kappa shape index (κ2) is 6.30. The quantitative estimate of drug-likeness (QED) is 0.602. The van der Waals surface area contributed by atoms with Crippen LogP contribution in [0.4, 0.5) is 5.82 Å². The maximum atomic E-state index is 6.34. The second-order valence-corrected chi connectivity index (χ2v) is 7.31. The number of fused-ring (bicyclic) bond motifs is 2. The Morgan fingerprint density at radius 2 is 1.93 bits per heavy atom. The summed E-state index contributed by atoms with van der Waals surface area (Å²) in [6, 6.07) is 12.4. The van der Waals surface area contributed by atoms with Crippen LogP contribution in [-0.2, 0) is 0 Å². The predicted octanol–water partition coefficient (Wildman–Crippen LogP) is 3.88. The van der Waals surface area contributed by atoms with Gasteiger partial charge in [-0.1, -0.05) is 6.07 Å². The van der Waals surface area contributed by atoms with Gasteiger partial charge in [0, 0.05) is 60.9 Å². The lowest BCUT2D eigenvalue weighted by molar-refractivity contribution is 0.173. The summed E-state index contributed by atoms with van der Waals surface area (Å²) in [7, 11) is 0. The van der Waals surface area contributed by atoms with E-state index < -0.39 is 0 Å². The van der Waals surface area contributed by atoms with E-state index in [2.05, 4.69) is 44.2 Å². The summed E-state index contributed by atoms with van der Waals surface area (Å²) < 4.78 is 8.31. The third-order valence-electron chi connectivity index (χ3n) is 5.27. The van der Waals surface area contributed by atoms with Crippen molar-refractivity contribution < 1.29 is 4.74 Å². The Kier molecular flexibility index (Phi) is 3.77. The molecule has 0 bridgehead atoms. The molecule has 1 aromatic carbocycles. The van der Waals surface area contributed by atoms with E-state index in [4.69, 9.17) is 4.74 Å². The lowest BCUT2D eigenvalue weighted by Gasteiger charge is -2.33. The van der Waals surface area contributed by atoms with Crippen molar-refractivity contribution in [2.75, 3.05) is 18.0 Å². The minimum absolute atomic E-state index is 0.236. The van der Waals surface area contributed by atoms with Crippen molar-refractivity contribution in [3.8, 4) is 5.75 Å². The first-order chi connectivity index (χ1) is 13.2. The van der Waals surface area contributed by atoms with Crippen molar-refractivity contribution in [2.24, 2.45) is 0 Å². The summed E-state index contributed by atoms with van der Waals surface area (Å²) in [5, 5.41) is 5.77. The van der Waals surface area contributed by atoms with Crippen molar-refractivity contribution in [3.05, 3.63) is 54.0 Å². The zero-order valence-corrected chi connectivity index (χ0v) is 15.6. The van der Waals surface area contributed by atoms with E-state index in [0.29, 0.717) is 0 Å². The van der Waals surface area contributed by atoms with Crippen molar-refractivity contribution in [3.63, 3.8) is 0 Å². The fourth-order valence-electron chi connectivity index (χ4n) is 3.96. The average Bonchev–Trinajstić information content (AvgIpc) is 3.28. The molecule has 0 saturated carbocycles. The highest BCUT2D eigenvalue weighted by Crippen LogP contribution is 2.29. The number of aromatic amines is 1. The van der Waals surface area contributed by atoms with Gasteiger partial charge in [-0.2, -0.15) is 9.61 Å². The number of hydrogen-bond acceptors (Lipinski definition) is 4. The van der Waals surface area contributed by atoms with Crippen LogP contribution in [0.1, 0.15) is 24.2 Å². The molecule has 6 heteroatoms. The molecular formula is C21H23N5O. The van der Waals surface area contributed by atoms with Gasteiger partial charge in [-0.25, -0.2) is 4.98 Å². The zero-order chi connectivity index (χ0) is 18.4. The highest BCUT2D eigenvalue weighted by atomic mass is 16.5. The molecule has 0 aliphatic carbocycles. The molecule has 4 heterocycles. The molecule has 6 nitrogen and oxygen atoms in total. The Labute approximate surface area is 157 Å². The average molecular weight is 361 g/mol. The number of piperidine rings is 1. The molecule has 1 aliphatic heterocycles. The number of H-pyrrole nitrogens is 1. The molecule has 5 rings (SSSR count). The van der Waals surface area contributed by atoms with Gasteiger partial charge >= 0.3 is 0 Å². The van der Waals surface area contributed by atoms with Crippen molar-refractivity contribution in [2.45, 2.75) is 32.8 Å². The molecule has 0 unspecified atom stereocenters. The van der Waals surface area contributed by atoms with E-state index in [1.165, 1.54) is 0 Å². The van der Waals surface area contributed by atoms with Gasteiger partial charge in [-0.3, -0.25) is 0 Å². The lowest BCUT2D eigenvalue weighted by atomic mass is 10.1. The van der Waals surface area contributed by atoms with Gasteiger partial charge in [-0.05, 0) is 32.0 Å². The van der Waals surface area contributed by atoms with Gasteiger partial charge in [0.1, 0.15) is 17.7 Å². The Balaban J connectivity index is 1.34. The summed E-state index contributed by atoms with van der Waals surface area (Å²) in [4.78, 5) is 10.2. The molecule has 1 fully saturated rings. The fourth-order valence-corrected chi connectivity index (χ4v) is 3.96. The van der Waals surface area contributed by atoms with Crippen LogP contribution in [-0.4, -0.2) is 38.8 Å². The number of hydrogen-bond donors (Lipinski definition) is 1. The van der Waals surface area contributed by atoms with Crippen LogP contribution in [0.5, 0.6) is 5.75 Å². The topological polar surface area (TPSA) is 58.5 Å². The molecule has 3 aromatic heterocycles. The molecule has 1 aliphatic rings. The van der Waals surface area contributed by atoms with Crippen LogP contribution < -0.4 is 9.64 Å². The Bertz CT molecular complexity index is 1100. The molecule has 1 N–H and O–H groups in total. The number of anilines is 1. The van der Waals surface area contributed by atoms with E-state index in [1.807, 2.05) is 36.7 Å². The summed E-state index contributed by atoms with van der Waals surface area (Å²) in [6.45, 7) is 5.95. The van der Waals surface area contributed by atoms with Gasteiger partial charge < -0.3 is 14.6 Å². The minimum atomic E-state index is 0.236. The van der Waals surface area contributed by atoms with E-state index in [-0.39, 0.29) is 6.10 Å². The molecule has 4 aromatic rings.